The molecule has 1 amide bonds. The summed E-state index contributed by atoms with van der Waals surface area (Å²) in [7, 11) is 0. The Morgan fingerprint density at radius 2 is 2.03 bits per heavy atom. The zero-order valence-electron chi connectivity index (χ0n) is 19.9. The summed E-state index contributed by atoms with van der Waals surface area (Å²) < 4.78 is 33.4. The number of rotatable bonds is 6. The van der Waals surface area contributed by atoms with Crippen molar-refractivity contribution in [2.45, 2.75) is 58.5 Å². The second kappa shape index (κ2) is 8.78. The molecule has 0 bridgehead atoms. The third-order valence-corrected chi connectivity index (χ3v) is 7.85. The van der Waals surface area contributed by atoms with Gasteiger partial charge in [0, 0.05) is 25.3 Å². The smallest absolute Gasteiger partial charge is 0.356 e. The highest BCUT2D eigenvalue weighted by Gasteiger charge is 2.54. The van der Waals surface area contributed by atoms with Crippen molar-refractivity contribution >= 4 is 23.3 Å². The Kier molecular flexibility index (Phi) is 5.94. The van der Waals surface area contributed by atoms with Gasteiger partial charge in [0.05, 0.1) is 19.1 Å². The minimum absolute atomic E-state index is 0.0217. The lowest BCUT2D eigenvalue weighted by Gasteiger charge is -2.43. The predicted molar refractivity (Wildman–Crippen MR) is 125 cm³/mol. The fourth-order valence-electron chi connectivity index (χ4n) is 5.85. The van der Waals surface area contributed by atoms with E-state index in [0.29, 0.717) is 24.1 Å². The van der Waals surface area contributed by atoms with Gasteiger partial charge in [-0.2, -0.15) is 0 Å². The van der Waals surface area contributed by atoms with E-state index in [1.54, 1.807) is 6.92 Å². The normalized spacial score (nSPS) is 27.6. The topological polar surface area (TPSA) is 62.2 Å². The number of hydrogen-bond donors (Lipinski definition) is 0. The highest BCUT2D eigenvalue weighted by atomic mass is 19.3. The number of nitrogens with zero attached hydrogens (tertiary/aromatic N) is 3. The Balaban J connectivity index is 1.32. The van der Waals surface area contributed by atoms with Gasteiger partial charge in [-0.15, -0.1) is 0 Å². The van der Waals surface area contributed by atoms with Crippen LogP contribution in [0.5, 0.6) is 0 Å². The number of esters is 1. The van der Waals surface area contributed by atoms with Gasteiger partial charge in [0.2, 0.25) is 5.91 Å². The molecular weight excluding hydrogens is 440 g/mol. The molecular formula is C26H31F2N3O3. The molecule has 0 aromatic heterocycles. The van der Waals surface area contributed by atoms with Crippen molar-refractivity contribution in [3.63, 3.8) is 0 Å². The van der Waals surface area contributed by atoms with Crippen LogP contribution in [0.4, 0.5) is 14.5 Å². The van der Waals surface area contributed by atoms with Crippen molar-refractivity contribution in [2.75, 3.05) is 31.1 Å². The molecule has 2 unspecified atom stereocenters. The number of hydrogen-bond acceptors (Lipinski definition) is 5. The van der Waals surface area contributed by atoms with Gasteiger partial charge >= 0.3 is 5.97 Å². The maximum atomic E-state index is 14.1. The first kappa shape index (κ1) is 23.0. The van der Waals surface area contributed by atoms with Gasteiger partial charge in [0.25, 0.3) is 6.43 Å². The number of anilines is 1. The van der Waals surface area contributed by atoms with E-state index in [9.17, 15) is 18.4 Å². The molecule has 0 N–H and O–H groups in total. The van der Waals surface area contributed by atoms with Crippen molar-refractivity contribution in [1.82, 2.24) is 4.90 Å². The summed E-state index contributed by atoms with van der Waals surface area (Å²) in [5.41, 5.74) is 5.48. The second-order valence-electron chi connectivity index (χ2n) is 9.82. The van der Waals surface area contributed by atoms with Gasteiger partial charge in [-0.25, -0.2) is 13.6 Å². The highest BCUT2D eigenvalue weighted by molar-refractivity contribution is 6.44. The summed E-state index contributed by atoms with van der Waals surface area (Å²) in [4.78, 5) is 33.6. The van der Waals surface area contributed by atoms with Crippen LogP contribution in [0.15, 0.2) is 34.3 Å². The van der Waals surface area contributed by atoms with Crippen LogP contribution in [-0.4, -0.2) is 67.2 Å². The van der Waals surface area contributed by atoms with Crippen molar-refractivity contribution in [1.29, 1.82) is 0 Å². The number of alkyl halides is 2. The highest BCUT2D eigenvalue weighted by Crippen LogP contribution is 2.58. The predicted octanol–water partition coefficient (Wildman–Crippen LogP) is 3.70. The van der Waals surface area contributed by atoms with Crippen LogP contribution in [0.25, 0.3) is 0 Å². The molecule has 5 rings (SSSR count). The molecule has 1 saturated carbocycles. The van der Waals surface area contributed by atoms with Crippen molar-refractivity contribution in [3.05, 3.63) is 40.5 Å². The number of benzene rings is 1. The fourth-order valence-corrected chi connectivity index (χ4v) is 5.85. The Bertz CT molecular complexity index is 1080. The molecule has 2 heterocycles. The summed E-state index contributed by atoms with van der Waals surface area (Å²) in [6.07, 6.45) is -0.740. The lowest BCUT2D eigenvalue weighted by molar-refractivity contribution is -0.138. The van der Waals surface area contributed by atoms with Crippen LogP contribution in [0.3, 0.4) is 0 Å². The first-order valence-electron chi connectivity index (χ1n) is 12.2. The summed E-state index contributed by atoms with van der Waals surface area (Å²) in [5, 5.41) is 0. The van der Waals surface area contributed by atoms with Crippen LogP contribution in [0.2, 0.25) is 0 Å². The largest absolute Gasteiger partial charge is 0.461 e. The molecule has 4 atom stereocenters. The number of carbonyl (C=O) groups is 2. The first-order chi connectivity index (χ1) is 16.3. The van der Waals surface area contributed by atoms with Crippen molar-refractivity contribution < 1.29 is 23.1 Å². The molecule has 1 aromatic carbocycles. The van der Waals surface area contributed by atoms with Gasteiger partial charge in [-0.05, 0) is 73.8 Å². The molecule has 0 radical (unpaired) electrons. The number of aryl methyl sites for hydroxylation is 1. The van der Waals surface area contributed by atoms with Gasteiger partial charge in [0.1, 0.15) is 11.8 Å². The molecule has 6 nitrogen and oxygen atoms in total. The summed E-state index contributed by atoms with van der Waals surface area (Å²) in [6.45, 7) is 6.84. The maximum absolute atomic E-state index is 14.1. The van der Waals surface area contributed by atoms with Crippen molar-refractivity contribution in [2.24, 2.45) is 16.8 Å². The van der Waals surface area contributed by atoms with E-state index in [1.807, 2.05) is 36.9 Å². The van der Waals surface area contributed by atoms with E-state index >= 15 is 0 Å². The molecule has 2 fully saturated rings. The van der Waals surface area contributed by atoms with Gasteiger partial charge in [-0.1, -0.05) is 12.1 Å². The lowest BCUT2D eigenvalue weighted by atomic mass is 9.97. The van der Waals surface area contributed by atoms with Gasteiger partial charge in [0.15, 0.2) is 0 Å². The molecule has 1 saturated heterocycles. The van der Waals surface area contributed by atoms with Crippen LogP contribution < -0.4 is 4.90 Å². The summed E-state index contributed by atoms with van der Waals surface area (Å²) in [5.74, 6) is 0.105. The number of carbonyl (C=O) groups excluding carboxylic acids is 2. The van der Waals surface area contributed by atoms with E-state index in [0.717, 1.165) is 40.8 Å². The zero-order chi connectivity index (χ0) is 24.1. The Morgan fingerprint density at radius 3 is 2.76 bits per heavy atom. The zero-order valence-corrected chi connectivity index (χ0v) is 19.9. The molecule has 2 aliphatic carbocycles. The molecule has 8 heteroatoms. The Labute approximate surface area is 198 Å². The monoisotopic (exact) mass is 471 g/mol. The Hall–Kier alpha value is -2.77. The lowest BCUT2D eigenvalue weighted by Crippen LogP contribution is -2.58. The van der Waals surface area contributed by atoms with Gasteiger partial charge in [-0.3, -0.25) is 9.79 Å². The molecule has 0 spiro atoms. The summed E-state index contributed by atoms with van der Waals surface area (Å²) in [6, 6.07) is 4.27. The molecule has 2 aliphatic heterocycles. The van der Waals surface area contributed by atoms with Crippen LogP contribution in [-0.2, 0) is 14.3 Å². The average Bonchev–Trinajstić information content (AvgIpc) is 3.33. The van der Waals surface area contributed by atoms with E-state index in [4.69, 9.17) is 4.74 Å². The maximum Gasteiger partial charge on any atom is 0.356 e. The quantitative estimate of drug-likeness (QED) is 0.594. The molecule has 1 aromatic rings. The number of aliphatic imine (C=N–C) groups is 1. The minimum atomic E-state index is -2.65. The standard InChI is InChI=1S/C26H31F2N3O3/c1-4-34-26(33)24-23-17-10-16(17)11-18(23)19(29-24)12-22(32)31-9-8-30(13-21(31)25(27)28)20-7-5-6-14(2)15(20)3/h5-7,16-17,19,21,25H,4,8-13H2,1-3H3/t16-,17-,19?,21?/m1/s1. The number of fused-ring (bicyclic) bond motifs is 2. The van der Waals surface area contributed by atoms with Crippen LogP contribution in [0, 0.1) is 25.7 Å². The average molecular weight is 472 g/mol. The molecule has 34 heavy (non-hydrogen) atoms. The van der Waals surface area contributed by atoms with Crippen LogP contribution >= 0.6 is 0 Å². The number of amides is 1. The number of halogens is 2. The third kappa shape index (κ3) is 3.91. The summed E-state index contributed by atoms with van der Waals surface area (Å²) >= 11 is 0. The van der Waals surface area contributed by atoms with Gasteiger partial charge < -0.3 is 14.5 Å². The third-order valence-electron chi connectivity index (χ3n) is 7.85. The molecule has 182 valence electrons. The van der Waals surface area contributed by atoms with Crippen LogP contribution in [0.1, 0.15) is 37.3 Å². The number of ether oxygens (including phenoxy) is 1. The second-order valence-corrected chi connectivity index (χ2v) is 9.82. The van der Waals surface area contributed by atoms with E-state index in [2.05, 4.69) is 4.99 Å². The van der Waals surface area contributed by atoms with Crippen molar-refractivity contribution in [3.8, 4) is 0 Å². The fraction of sp³-hybridized carbons (Fsp3) is 0.577. The Morgan fingerprint density at radius 1 is 1.24 bits per heavy atom. The van der Waals surface area contributed by atoms with E-state index in [-0.39, 0.29) is 32.0 Å². The minimum Gasteiger partial charge on any atom is -0.461 e. The van der Waals surface area contributed by atoms with E-state index < -0.39 is 24.5 Å². The number of piperazine rings is 1. The SMILES string of the molecule is CCOC(=O)C1=NC(CC(=O)N2CCN(c3cccc(C)c3C)CC2C(F)F)C2=C1[C@@H]1C[C@@H]1C2. The molecule has 4 aliphatic rings. The van der Waals surface area contributed by atoms with E-state index in [1.165, 1.54) is 4.90 Å². The first-order valence-corrected chi connectivity index (χ1v) is 12.2.